The van der Waals surface area contributed by atoms with Gasteiger partial charge in [-0.2, -0.15) is 0 Å². The van der Waals surface area contributed by atoms with E-state index in [1.807, 2.05) is 24.3 Å². The number of ether oxygens (including phenoxy) is 4. The first kappa shape index (κ1) is 10.8. The molecule has 0 spiro atoms. The van der Waals surface area contributed by atoms with Gasteiger partial charge in [0.1, 0.15) is 11.9 Å². The first-order valence-electron chi connectivity index (χ1n) is 6.42. The number of hydrogen-bond donors (Lipinski definition) is 0. The van der Waals surface area contributed by atoms with Crippen molar-refractivity contribution in [1.82, 2.24) is 0 Å². The Morgan fingerprint density at radius 3 is 2.94 bits per heavy atom. The third-order valence-corrected chi connectivity index (χ3v) is 4.08. The summed E-state index contributed by atoms with van der Waals surface area (Å²) in [5.74, 6) is 1.31. The maximum Gasteiger partial charge on any atom is 0.187 e. The minimum absolute atomic E-state index is 0.193. The van der Waals surface area contributed by atoms with Crippen LogP contribution in [0.2, 0.25) is 0 Å². The molecule has 2 saturated heterocycles. The van der Waals surface area contributed by atoms with Crippen molar-refractivity contribution in [2.75, 3.05) is 13.7 Å². The summed E-state index contributed by atoms with van der Waals surface area (Å²) in [6, 6.07) is 7.84. The molecule has 96 valence electrons. The van der Waals surface area contributed by atoms with Crippen LogP contribution in [0.25, 0.3) is 0 Å². The average molecular weight is 248 g/mol. The molecule has 4 nitrogen and oxygen atoms in total. The molecule has 1 saturated carbocycles. The van der Waals surface area contributed by atoms with Crippen LogP contribution in [0.1, 0.15) is 18.3 Å². The fourth-order valence-corrected chi connectivity index (χ4v) is 3.10. The molecule has 1 aromatic rings. The number of hydrogen-bond acceptors (Lipinski definition) is 4. The van der Waals surface area contributed by atoms with E-state index >= 15 is 0 Å². The van der Waals surface area contributed by atoms with Crippen LogP contribution in [0.3, 0.4) is 0 Å². The zero-order chi connectivity index (χ0) is 12.1. The highest BCUT2D eigenvalue weighted by molar-refractivity contribution is 5.34. The van der Waals surface area contributed by atoms with Crippen LogP contribution in [0.15, 0.2) is 24.3 Å². The van der Waals surface area contributed by atoms with Crippen molar-refractivity contribution < 1.29 is 18.9 Å². The van der Waals surface area contributed by atoms with E-state index in [2.05, 4.69) is 0 Å². The maximum atomic E-state index is 6.07. The predicted molar refractivity (Wildman–Crippen MR) is 63.3 cm³/mol. The highest BCUT2D eigenvalue weighted by atomic mass is 16.7. The summed E-state index contributed by atoms with van der Waals surface area (Å²) in [6.07, 6.45) is 1.66. The summed E-state index contributed by atoms with van der Waals surface area (Å²) in [5, 5.41) is 0. The molecule has 2 heterocycles. The number of rotatable bonds is 2. The molecule has 0 bridgehead atoms. The molecule has 3 fully saturated rings. The Bertz CT molecular complexity index is 461. The lowest BCUT2D eigenvalue weighted by atomic mass is 10.0. The average Bonchev–Trinajstić information content (AvgIpc) is 3.11. The monoisotopic (exact) mass is 248 g/mol. The van der Waals surface area contributed by atoms with Crippen LogP contribution in [0.4, 0.5) is 0 Å². The summed E-state index contributed by atoms with van der Waals surface area (Å²) in [4.78, 5) is 0. The van der Waals surface area contributed by atoms with Crippen molar-refractivity contribution in [3.05, 3.63) is 29.8 Å². The van der Waals surface area contributed by atoms with Crippen LogP contribution >= 0.6 is 0 Å². The Hall–Kier alpha value is -1.10. The maximum absolute atomic E-state index is 6.07. The van der Waals surface area contributed by atoms with E-state index < -0.39 is 0 Å². The van der Waals surface area contributed by atoms with Crippen molar-refractivity contribution in [2.45, 2.75) is 31.0 Å². The van der Waals surface area contributed by atoms with Gasteiger partial charge in [-0.05, 0) is 12.5 Å². The van der Waals surface area contributed by atoms with Crippen molar-refractivity contribution in [2.24, 2.45) is 5.92 Å². The molecule has 0 radical (unpaired) electrons. The van der Waals surface area contributed by atoms with Gasteiger partial charge in [0.25, 0.3) is 0 Å². The summed E-state index contributed by atoms with van der Waals surface area (Å²) in [5.41, 5.74) is 0.961. The van der Waals surface area contributed by atoms with E-state index in [0.717, 1.165) is 24.3 Å². The highest BCUT2D eigenvalue weighted by Gasteiger charge is 2.58. The zero-order valence-corrected chi connectivity index (χ0v) is 10.2. The lowest BCUT2D eigenvalue weighted by Crippen LogP contribution is -2.36. The van der Waals surface area contributed by atoms with Gasteiger partial charge >= 0.3 is 0 Å². The molecule has 0 aromatic heterocycles. The molecule has 18 heavy (non-hydrogen) atoms. The number of epoxide rings is 1. The fourth-order valence-electron chi connectivity index (χ4n) is 3.10. The van der Waals surface area contributed by atoms with Gasteiger partial charge in [0.05, 0.1) is 25.9 Å². The first-order valence-corrected chi connectivity index (χ1v) is 6.42. The Kier molecular flexibility index (Phi) is 2.37. The molecule has 1 aliphatic carbocycles. The second kappa shape index (κ2) is 3.95. The third kappa shape index (κ3) is 1.56. The van der Waals surface area contributed by atoms with E-state index in [1.54, 1.807) is 7.11 Å². The summed E-state index contributed by atoms with van der Waals surface area (Å²) >= 11 is 0. The van der Waals surface area contributed by atoms with Gasteiger partial charge in [-0.1, -0.05) is 18.2 Å². The second-order valence-corrected chi connectivity index (χ2v) is 5.14. The topological polar surface area (TPSA) is 40.2 Å². The van der Waals surface area contributed by atoms with E-state index in [0.29, 0.717) is 18.1 Å². The molecule has 1 unspecified atom stereocenters. The van der Waals surface area contributed by atoms with Gasteiger partial charge in [0.15, 0.2) is 6.29 Å². The molecule has 1 aromatic carbocycles. The largest absolute Gasteiger partial charge is 0.496 e. The zero-order valence-electron chi connectivity index (χ0n) is 10.2. The van der Waals surface area contributed by atoms with E-state index in [9.17, 15) is 0 Å². The minimum Gasteiger partial charge on any atom is -0.496 e. The lowest BCUT2D eigenvalue weighted by molar-refractivity contribution is -0.243. The summed E-state index contributed by atoms with van der Waals surface area (Å²) in [7, 11) is 1.67. The number of fused-ring (bicyclic) bond motifs is 3. The number of para-hydroxylation sites is 1. The summed E-state index contributed by atoms with van der Waals surface area (Å²) < 4.78 is 22.8. The van der Waals surface area contributed by atoms with Crippen LogP contribution in [-0.4, -0.2) is 32.0 Å². The van der Waals surface area contributed by atoms with Crippen LogP contribution in [-0.2, 0) is 14.2 Å². The van der Waals surface area contributed by atoms with Crippen molar-refractivity contribution in [1.29, 1.82) is 0 Å². The van der Waals surface area contributed by atoms with Crippen molar-refractivity contribution >= 4 is 0 Å². The second-order valence-electron chi connectivity index (χ2n) is 5.14. The molecule has 0 N–H and O–H groups in total. The van der Waals surface area contributed by atoms with Gasteiger partial charge in [-0.15, -0.1) is 0 Å². The molecular weight excluding hydrogens is 232 g/mol. The van der Waals surface area contributed by atoms with Crippen LogP contribution in [0, 0.1) is 5.92 Å². The first-order chi connectivity index (χ1) is 8.86. The Morgan fingerprint density at radius 1 is 1.17 bits per heavy atom. The molecular formula is C14H16O4. The number of methoxy groups -OCH3 is 1. The van der Waals surface area contributed by atoms with Gasteiger partial charge in [-0.25, -0.2) is 0 Å². The van der Waals surface area contributed by atoms with Crippen LogP contribution in [0.5, 0.6) is 5.75 Å². The molecule has 4 rings (SSSR count). The van der Waals surface area contributed by atoms with Gasteiger partial charge < -0.3 is 18.9 Å². The molecule has 4 heteroatoms. The predicted octanol–water partition coefficient (Wildman–Crippen LogP) is 1.90. The lowest BCUT2D eigenvalue weighted by Gasteiger charge is -2.34. The molecule has 3 aliphatic rings. The smallest absolute Gasteiger partial charge is 0.187 e. The molecule has 0 amide bonds. The number of benzene rings is 1. The van der Waals surface area contributed by atoms with Crippen molar-refractivity contribution in [3.8, 4) is 5.75 Å². The van der Waals surface area contributed by atoms with Gasteiger partial charge in [0.2, 0.25) is 0 Å². The normalized spacial score (nSPS) is 41.1. The Morgan fingerprint density at radius 2 is 2.06 bits per heavy atom. The quantitative estimate of drug-likeness (QED) is 0.749. The summed E-state index contributed by atoms with van der Waals surface area (Å²) in [6.45, 7) is 0.754. The SMILES string of the molecule is COc1ccccc1C1OC[C@@H]2C[C@@H]3O[C@@H]3[C@@H]2O1. The molecule has 5 atom stereocenters. The molecule has 2 aliphatic heterocycles. The standard InChI is InChI=1S/C14H16O4/c1-15-10-5-3-2-4-9(10)14-16-7-8-6-11-13(17-11)12(8)18-14/h2-5,8,11-14H,6-7H2,1H3/t8-,11-,12+,13-,14?/m0/s1. The minimum atomic E-state index is -0.328. The van der Waals surface area contributed by atoms with E-state index in [-0.39, 0.29) is 12.4 Å². The van der Waals surface area contributed by atoms with E-state index in [1.165, 1.54) is 0 Å². The fraction of sp³-hybridized carbons (Fsp3) is 0.571. The Balaban J connectivity index is 1.58. The van der Waals surface area contributed by atoms with Gasteiger partial charge in [-0.3, -0.25) is 0 Å². The third-order valence-electron chi connectivity index (χ3n) is 4.08. The highest BCUT2D eigenvalue weighted by Crippen LogP contribution is 2.49. The Labute approximate surface area is 106 Å². The van der Waals surface area contributed by atoms with Crippen LogP contribution < -0.4 is 4.74 Å². The van der Waals surface area contributed by atoms with Crippen molar-refractivity contribution in [3.63, 3.8) is 0 Å². The van der Waals surface area contributed by atoms with E-state index in [4.69, 9.17) is 18.9 Å². The van der Waals surface area contributed by atoms with Gasteiger partial charge in [0, 0.05) is 11.5 Å².